The number of nitrogens with one attached hydrogen (secondary N) is 1. The van der Waals surface area contributed by atoms with Gasteiger partial charge >= 0.3 is 6.18 Å². The van der Waals surface area contributed by atoms with E-state index in [4.69, 9.17) is 4.74 Å². The molecule has 158 valence electrons. The van der Waals surface area contributed by atoms with Crippen LogP contribution in [0.1, 0.15) is 37.7 Å². The number of carbonyl (C=O) groups is 1. The van der Waals surface area contributed by atoms with E-state index < -0.39 is 25.1 Å². The summed E-state index contributed by atoms with van der Waals surface area (Å²) < 4.78 is 70.2. The van der Waals surface area contributed by atoms with Crippen molar-refractivity contribution in [1.29, 1.82) is 0 Å². The van der Waals surface area contributed by atoms with E-state index in [0.717, 1.165) is 25.3 Å². The molecule has 1 aromatic rings. The van der Waals surface area contributed by atoms with Crippen LogP contribution in [0.3, 0.4) is 0 Å². The number of hydrogen-bond acceptors (Lipinski definition) is 3. The molecule has 0 bridgehead atoms. The summed E-state index contributed by atoms with van der Waals surface area (Å²) in [5.74, 6) is -3.35. The Balaban J connectivity index is 1.80. The maximum absolute atomic E-state index is 14.4. The molecule has 1 amide bonds. The van der Waals surface area contributed by atoms with Gasteiger partial charge in [0, 0.05) is 25.1 Å². The Labute approximate surface area is 161 Å². The van der Waals surface area contributed by atoms with E-state index in [1.54, 1.807) is 4.90 Å². The molecular weight excluding hydrogens is 383 g/mol. The summed E-state index contributed by atoms with van der Waals surface area (Å²) in [5, 5.41) is 2.50. The van der Waals surface area contributed by atoms with Gasteiger partial charge < -0.3 is 15.0 Å². The summed E-state index contributed by atoms with van der Waals surface area (Å²) in [6.07, 6.45) is -2.57. The van der Waals surface area contributed by atoms with Crippen molar-refractivity contribution in [2.45, 2.75) is 44.2 Å². The minimum absolute atomic E-state index is 0.0868. The van der Waals surface area contributed by atoms with Crippen LogP contribution in [-0.2, 0) is 10.7 Å². The predicted molar refractivity (Wildman–Crippen MR) is 94.4 cm³/mol. The van der Waals surface area contributed by atoms with Crippen molar-refractivity contribution in [3.63, 3.8) is 0 Å². The van der Waals surface area contributed by atoms with Crippen LogP contribution in [0.4, 0.5) is 22.0 Å². The Kier molecular flexibility index (Phi) is 8.03. The van der Waals surface area contributed by atoms with Gasteiger partial charge in [0.2, 0.25) is 5.91 Å². The molecule has 0 atom stereocenters. The smallest absolute Gasteiger partial charge is 0.389 e. The van der Waals surface area contributed by atoms with Crippen molar-refractivity contribution >= 4 is 5.91 Å². The quantitative estimate of drug-likeness (QED) is 0.494. The second kappa shape index (κ2) is 10.0. The van der Waals surface area contributed by atoms with E-state index in [9.17, 15) is 26.7 Å². The Hall–Kier alpha value is -1.90. The molecule has 1 fully saturated rings. The molecule has 9 heteroatoms. The summed E-state index contributed by atoms with van der Waals surface area (Å²) in [5.41, 5.74) is -0.321. The molecule has 28 heavy (non-hydrogen) atoms. The first kappa shape index (κ1) is 22.4. The highest BCUT2D eigenvalue weighted by molar-refractivity contribution is 5.78. The third-order valence-electron chi connectivity index (χ3n) is 4.46. The number of halogens is 5. The van der Waals surface area contributed by atoms with Gasteiger partial charge in [-0.2, -0.15) is 22.0 Å². The summed E-state index contributed by atoms with van der Waals surface area (Å²) in [4.78, 5) is 13.7. The molecular formula is C19H25F5N2O2. The van der Waals surface area contributed by atoms with E-state index >= 15 is 0 Å². The maximum atomic E-state index is 14.4. The number of ether oxygens (including phenoxy) is 1. The minimum Gasteiger partial charge on any atom is -0.494 e. The van der Waals surface area contributed by atoms with Gasteiger partial charge in [0.05, 0.1) is 19.7 Å². The van der Waals surface area contributed by atoms with E-state index in [0.29, 0.717) is 13.1 Å². The molecule has 4 nitrogen and oxygen atoms in total. The first-order chi connectivity index (χ1) is 13.2. The zero-order chi connectivity index (χ0) is 20.6. The fourth-order valence-corrected chi connectivity index (χ4v) is 2.96. The van der Waals surface area contributed by atoms with Gasteiger partial charge in [-0.1, -0.05) is 12.1 Å². The second-order valence-electron chi connectivity index (χ2n) is 6.84. The highest BCUT2D eigenvalue weighted by Crippen LogP contribution is 2.30. The van der Waals surface area contributed by atoms with Crippen LogP contribution in [0.15, 0.2) is 24.3 Å². The highest BCUT2D eigenvalue weighted by atomic mass is 19.4. The molecule has 0 unspecified atom stereocenters. The molecule has 0 aromatic heterocycles. The Bertz CT molecular complexity index is 631. The van der Waals surface area contributed by atoms with Crippen molar-refractivity contribution in [3.05, 3.63) is 29.8 Å². The number of likely N-dealkylation sites (tertiary alicyclic amines) is 1. The topological polar surface area (TPSA) is 41.6 Å². The van der Waals surface area contributed by atoms with Crippen molar-refractivity contribution in [2.24, 2.45) is 0 Å². The second-order valence-corrected chi connectivity index (χ2v) is 6.84. The maximum Gasteiger partial charge on any atom is 0.389 e. The first-order valence-electron chi connectivity index (χ1n) is 9.34. The average Bonchev–Trinajstić information content (AvgIpc) is 2.65. The molecule has 0 radical (unpaired) electrons. The summed E-state index contributed by atoms with van der Waals surface area (Å²) in [6.45, 7) is 0.222. The number of piperidine rings is 1. The van der Waals surface area contributed by atoms with Crippen molar-refractivity contribution < 1.29 is 31.5 Å². The number of alkyl halides is 5. The fourth-order valence-electron chi connectivity index (χ4n) is 2.96. The lowest BCUT2D eigenvalue weighted by Crippen LogP contribution is -2.43. The van der Waals surface area contributed by atoms with E-state index in [1.807, 2.05) is 0 Å². The highest BCUT2D eigenvalue weighted by Gasteiger charge is 2.32. The minimum atomic E-state index is -4.27. The van der Waals surface area contributed by atoms with E-state index in [1.165, 1.54) is 18.2 Å². The molecule has 1 heterocycles. The number of carbonyl (C=O) groups excluding carboxylic acids is 1. The zero-order valence-corrected chi connectivity index (χ0v) is 15.5. The molecule has 2 rings (SSSR count). The van der Waals surface area contributed by atoms with Crippen LogP contribution in [0.5, 0.6) is 5.75 Å². The van der Waals surface area contributed by atoms with Gasteiger partial charge in [0.25, 0.3) is 5.92 Å². The first-order valence-corrected chi connectivity index (χ1v) is 9.34. The fraction of sp³-hybridized carbons (Fsp3) is 0.632. The Morgan fingerprint density at radius 2 is 1.82 bits per heavy atom. The molecule has 0 spiro atoms. The largest absolute Gasteiger partial charge is 0.494 e. The van der Waals surface area contributed by atoms with Gasteiger partial charge in [-0.05, 0) is 37.8 Å². The Morgan fingerprint density at radius 1 is 1.11 bits per heavy atom. The number of rotatable bonds is 9. The van der Waals surface area contributed by atoms with Crippen LogP contribution in [-0.4, -0.2) is 49.8 Å². The number of benzene rings is 1. The van der Waals surface area contributed by atoms with Crippen LogP contribution in [0.2, 0.25) is 0 Å². The van der Waals surface area contributed by atoms with Crippen LogP contribution in [0.25, 0.3) is 0 Å². The van der Waals surface area contributed by atoms with E-state index in [2.05, 4.69) is 5.32 Å². The van der Waals surface area contributed by atoms with Gasteiger partial charge in [-0.25, -0.2) is 0 Å². The Morgan fingerprint density at radius 3 is 2.50 bits per heavy atom. The third kappa shape index (κ3) is 7.61. The van der Waals surface area contributed by atoms with Gasteiger partial charge in [0.15, 0.2) is 0 Å². The van der Waals surface area contributed by atoms with Gasteiger partial charge in [-0.3, -0.25) is 4.79 Å². The number of hydrogen-bond donors (Lipinski definition) is 1. The molecule has 1 aliphatic heterocycles. The lowest BCUT2D eigenvalue weighted by Gasteiger charge is -2.27. The molecule has 1 aliphatic rings. The van der Waals surface area contributed by atoms with Crippen molar-refractivity contribution in [2.75, 3.05) is 32.8 Å². The number of nitrogens with zero attached hydrogens (tertiary/aromatic N) is 1. The van der Waals surface area contributed by atoms with Gasteiger partial charge in [-0.15, -0.1) is 0 Å². The van der Waals surface area contributed by atoms with Crippen molar-refractivity contribution in [3.8, 4) is 5.75 Å². The standard InChI is InChI=1S/C19H25F5N2O2/c20-18(21,14-25-13-17(27)26-9-2-1-3-10-26)15-6-4-7-16(12-15)28-11-5-8-19(22,23)24/h4,6-7,12,25H,1-3,5,8-11,13-14H2. The van der Waals surface area contributed by atoms with Crippen LogP contribution < -0.4 is 10.1 Å². The third-order valence-corrected chi connectivity index (χ3v) is 4.46. The molecule has 0 aliphatic carbocycles. The SMILES string of the molecule is O=C(CNCC(F)(F)c1cccc(OCCCC(F)(F)F)c1)N1CCCCC1. The van der Waals surface area contributed by atoms with Crippen LogP contribution >= 0.6 is 0 Å². The number of amides is 1. The van der Waals surface area contributed by atoms with E-state index in [-0.39, 0.29) is 36.8 Å². The monoisotopic (exact) mass is 408 g/mol. The normalized spacial score (nSPS) is 15.5. The summed E-state index contributed by atoms with van der Waals surface area (Å²) >= 11 is 0. The average molecular weight is 408 g/mol. The van der Waals surface area contributed by atoms with Crippen molar-refractivity contribution in [1.82, 2.24) is 10.2 Å². The molecule has 0 saturated carbocycles. The summed E-state index contributed by atoms with van der Waals surface area (Å²) in [6, 6.07) is 5.11. The van der Waals surface area contributed by atoms with Crippen LogP contribution in [0, 0.1) is 0 Å². The summed E-state index contributed by atoms with van der Waals surface area (Å²) in [7, 11) is 0. The lowest BCUT2D eigenvalue weighted by molar-refractivity contribution is -0.136. The molecule has 1 saturated heterocycles. The molecule has 1 aromatic carbocycles. The van der Waals surface area contributed by atoms with Gasteiger partial charge in [0.1, 0.15) is 5.75 Å². The zero-order valence-electron chi connectivity index (χ0n) is 15.5. The lowest BCUT2D eigenvalue weighted by atomic mass is 10.1. The predicted octanol–water partition coefficient (Wildman–Crippen LogP) is 4.10. The molecule has 1 N–H and O–H groups in total.